The molecule has 0 spiro atoms. The largest absolute Gasteiger partial charge is 0.326 e. The number of halogens is 4. The molecule has 0 saturated carbocycles. The minimum Gasteiger partial charge on any atom is -0.326 e. The van der Waals surface area contributed by atoms with E-state index >= 15 is 0 Å². The second-order valence-electron chi connectivity index (χ2n) is 8.81. The number of alkyl halides is 2. The van der Waals surface area contributed by atoms with Crippen molar-refractivity contribution in [3.8, 4) is 0 Å². The van der Waals surface area contributed by atoms with Crippen LogP contribution < -0.4 is 5.73 Å². The van der Waals surface area contributed by atoms with Crippen LogP contribution in [-0.2, 0) is 23.1 Å². The van der Waals surface area contributed by atoms with E-state index in [0.717, 1.165) is 41.0 Å². The molecule has 0 bridgehead atoms. The lowest BCUT2D eigenvalue weighted by Crippen LogP contribution is -2.57. The molecular weight excluding hydrogens is 450 g/mol. The standard InChI is InChI=1S/C20H25F4N5O2S/c1-20(23,24)11-28-9-14(6-17(25)19(28)15-5-13(21)3-4-16(15)22)27-7-12-8-29(32(2,30)31)26-18(12)10-27/h3-5,8,14,17,19H,6-7,9-11,25H2,1-2H3/t14?,17?,19-/m1/s1. The zero-order chi connectivity index (χ0) is 23.4. The minimum absolute atomic E-state index is 0.0330. The van der Waals surface area contributed by atoms with Crippen LogP contribution in [-0.4, -0.2) is 64.8 Å². The number of hydrogen-bond donors (Lipinski definition) is 1. The van der Waals surface area contributed by atoms with E-state index in [9.17, 15) is 26.0 Å². The van der Waals surface area contributed by atoms with Gasteiger partial charge in [0.05, 0.1) is 24.5 Å². The van der Waals surface area contributed by atoms with Crippen LogP contribution in [0.25, 0.3) is 0 Å². The SMILES string of the molecule is CC(F)(F)CN1CC(N2Cc3cn(S(C)(=O)=O)nc3C2)CC(N)[C@H]1c1cc(F)ccc1F. The molecule has 3 heterocycles. The summed E-state index contributed by atoms with van der Waals surface area (Å²) >= 11 is 0. The third-order valence-electron chi connectivity index (χ3n) is 5.98. The number of rotatable bonds is 5. The zero-order valence-corrected chi connectivity index (χ0v) is 18.5. The predicted molar refractivity (Wildman–Crippen MR) is 109 cm³/mol. The van der Waals surface area contributed by atoms with Gasteiger partial charge < -0.3 is 5.73 Å². The summed E-state index contributed by atoms with van der Waals surface area (Å²) in [6.07, 6.45) is 2.89. The van der Waals surface area contributed by atoms with E-state index < -0.39 is 46.2 Å². The van der Waals surface area contributed by atoms with E-state index in [2.05, 4.69) is 5.10 Å². The molecule has 0 aliphatic carbocycles. The van der Waals surface area contributed by atoms with Gasteiger partial charge in [0.15, 0.2) is 0 Å². The molecule has 32 heavy (non-hydrogen) atoms. The Morgan fingerprint density at radius 1 is 1.25 bits per heavy atom. The van der Waals surface area contributed by atoms with Gasteiger partial charge in [-0.2, -0.15) is 9.19 Å². The van der Waals surface area contributed by atoms with Crippen molar-refractivity contribution >= 4 is 10.0 Å². The van der Waals surface area contributed by atoms with Crippen LogP contribution in [0, 0.1) is 11.6 Å². The van der Waals surface area contributed by atoms with Crippen molar-refractivity contribution in [1.29, 1.82) is 0 Å². The topological polar surface area (TPSA) is 84.5 Å². The average Bonchev–Trinajstić information content (AvgIpc) is 3.21. The van der Waals surface area contributed by atoms with Crippen molar-refractivity contribution in [3.63, 3.8) is 0 Å². The first-order chi connectivity index (χ1) is 14.8. The van der Waals surface area contributed by atoms with Gasteiger partial charge in [-0.1, -0.05) is 0 Å². The Morgan fingerprint density at radius 2 is 1.97 bits per heavy atom. The van der Waals surface area contributed by atoms with Gasteiger partial charge >= 0.3 is 0 Å². The quantitative estimate of drug-likeness (QED) is 0.667. The molecule has 2 aliphatic rings. The molecule has 1 fully saturated rings. The van der Waals surface area contributed by atoms with Gasteiger partial charge in [0.2, 0.25) is 0 Å². The van der Waals surface area contributed by atoms with Gasteiger partial charge in [-0.25, -0.2) is 26.0 Å². The Balaban J connectivity index is 1.58. The lowest BCUT2D eigenvalue weighted by atomic mass is 9.87. The van der Waals surface area contributed by atoms with Crippen molar-refractivity contribution in [2.45, 2.75) is 50.5 Å². The molecule has 1 saturated heterocycles. The summed E-state index contributed by atoms with van der Waals surface area (Å²) in [5.74, 6) is -4.41. The van der Waals surface area contributed by atoms with Crippen LogP contribution in [0.1, 0.15) is 36.2 Å². The number of hydrogen-bond acceptors (Lipinski definition) is 6. The number of nitrogens with two attached hydrogens (primary N) is 1. The summed E-state index contributed by atoms with van der Waals surface area (Å²) in [6, 6.07) is 1.13. The average molecular weight is 476 g/mol. The predicted octanol–water partition coefficient (Wildman–Crippen LogP) is 2.08. The summed E-state index contributed by atoms with van der Waals surface area (Å²) in [6.45, 7) is 1.05. The van der Waals surface area contributed by atoms with Crippen molar-refractivity contribution in [2.24, 2.45) is 5.73 Å². The molecule has 2 aromatic rings. The third-order valence-corrected chi connectivity index (χ3v) is 6.85. The van der Waals surface area contributed by atoms with Crippen LogP contribution in [0.4, 0.5) is 17.6 Å². The number of nitrogens with zero attached hydrogens (tertiary/aromatic N) is 4. The van der Waals surface area contributed by atoms with E-state index in [4.69, 9.17) is 5.73 Å². The van der Waals surface area contributed by atoms with Gasteiger partial charge in [0.1, 0.15) is 11.6 Å². The molecule has 176 valence electrons. The molecule has 3 atom stereocenters. The van der Waals surface area contributed by atoms with Crippen LogP contribution in [0.3, 0.4) is 0 Å². The van der Waals surface area contributed by atoms with Crippen molar-refractivity contribution < 1.29 is 26.0 Å². The molecule has 7 nitrogen and oxygen atoms in total. The molecule has 12 heteroatoms. The first-order valence-electron chi connectivity index (χ1n) is 10.2. The van der Waals surface area contributed by atoms with Crippen LogP contribution >= 0.6 is 0 Å². The first kappa shape index (κ1) is 23.1. The maximum atomic E-state index is 14.5. The second-order valence-corrected chi connectivity index (χ2v) is 10.6. The van der Waals surface area contributed by atoms with Gasteiger partial charge in [0, 0.05) is 56.0 Å². The van der Waals surface area contributed by atoms with Gasteiger partial charge in [-0.3, -0.25) is 9.80 Å². The highest BCUT2D eigenvalue weighted by atomic mass is 32.2. The van der Waals surface area contributed by atoms with E-state index in [-0.39, 0.29) is 18.2 Å². The highest BCUT2D eigenvalue weighted by Gasteiger charge is 2.43. The highest BCUT2D eigenvalue weighted by molar-refractivity contribution is 7.89. The van der Waals surface area contributed by atoms with E-state index in [1.54, 1.807) is 0 Å². The maximum Gasteiger partial charge on any atom is 0.257 e. The van der Waals surface area contributed by atoms with Gasteiger partial charge in [-0.05, 0) is 24.6 Å². The number of benzene rings is 1. The van der Waals surface area contributed by atoms with Gasteiger partial charge in [0.25, 0.3) is 15.9 Å². The molecule has 2 unspecified atom stereocenters. The monoisotopic (exact) mass is 475 g/mol. The molecule has 2 aliphatic heterocycles. The second kappa shape index (κ2) is 8.08. The molecule has 1 aromatic heterocycles. The molecule has 2 N–H and O–H groups in total. The fourth-order valence-corrected chi connectivity index (χ4v) is 5.27. The van der Waals surface area contributed by atoms with Crippen LogP contribution in [0.5, 0.6) is 0 Å². The number of likely N-dealkylation sites (tertiary alicyclic amines) is 1. The Kier molecular flexibility index (Phi) is 5.85. The minimum atomic E-state index is -3.50. The smallest absolute Gasteiger partial charge is 0.257 e. The van der Waals surface area contributed by atoms with E-state index in [1.807, 2.05) is 4.90 Å². The zero-order valence-electron chi connectivity index (χ0n) is 17.7. The maximum absolute atomic E-state index is 14.5. The van der Waals surface area contributed by atoms with Crippen molar-refractivity contribution in [3.05, 3.63) is 52.9 Å². The highest BCUT2D eigenvalue weighted by Crippen LogP contribution is 2.37. The Labute approximate surface area is 183 Å². The fourth-order valence-electron chi connectivity index (χ4n) is 4.71. The number of fused-ring (bicyclic) bond motifs is 1. The van der Waals surface area contributed by atoms with Crippen LogP contribution in [0.2, 0.25) is 0 Å². The summed E-state index contributed by atoms with van der Waals surface area (Å²) in [4.78, 5) is 3.42. The lowest BCUT2D eigenvalue weighted by molar-refractivity contribution is -0.0530. The number of aromatic nitrogens is 2. The first-order valence-corrected chi connectivity index (χ1v) is 12.0. The fraction of sp³-hybridized carbons (Fsp3) is 0.550. The Bertz CT molecular complexity index is 1090. The van der Waals surface area contributed by atoms with Crippen molar-refractivity contribution in [2.75, 3.05) is 19.3 Å². The Hall–Kier alpha value is -2.02. The number of piperidine rings is 1. The molecule has 0 amide bonds. The summed E-state index contributed by atoms with van der Waals surface area (Å²) < 4.78 is 80.6. The summed E-state index contributed by atoms with van der Waals surface area (Å²) in [7, 11) is -3.50. The van der Waals surface area contributed by atoms with Gasteiger partial charge in [-0.15, -0.1) is 0 Å². The summed E-state index contributed by atoms with van der Waals surface area (Å²) in [5.41, 5.74) is 7.68. The lowest BCUT2D eigenvalue weighted by Gasteiger charge is -2.46. The Morgan fingerprint density at radius 3 is 2.59 bits per heavy atom. The van der Waals surface area contributed by atoms with E-state index in [1.165, 1.54) is 11.1 Å². The molecule has 4 rings (SSSR count). The van der Waals surface area contributed by atoms with E-state index in [0.29, 0.717) is 25.2 Å². The summed E-state index contributed by atoms with van der Waals surface area (Å²) in [5, 5.41) is 4.12. The van der Waals surface area contributed by atoms with Crippen LogP contribution in [0.15, 0.2) is 24.4 Å². The third kappa shape index (κ3) is 4.68. The molecule has 1 aromatic carbocycles. The van der Waals surface area contributed by atoms with Crippen molar-refractivity contribution in [1.82, 2.24) is 19.0 Å². The molecule has 0 radical (unpaired) electrons. The molecular formula is C20H25F4N5O2S. The normalized spacial score (nSPS) is 25.3.